The monoisotopic (exact) mass is 255 g/mol. The Morgan fingerprint density at radius 2 is 1.94 bits per heavy atom. The van der Waals surface area contributed by atoms with Gasteiger partial charge in [0.05, 0.1) is 18.2 Å². The quantitative estimate of drug-likeness (QED) is 0.868. The standard InChI is InChI=1S/C14H22FNO2/c1-9-6-13(16(5)14(3,4)8-17)11(10(2)18)7-12(9)15/h6-7,10,17-18H,8H2,1-5H3/t10-/m0/s1. The Morgan fingerprint density at radius 3 is 2.39 bits per heavy atom. The molecule has 0 saturated carbocycles. The second-order valence-corrected chi connectivity index (χ2v) is 5.37. The summed E-state index contributed by atoms with van der Waals surface area (Å²) < 4.78 is 13.6. The second-order valence-electron chi connectivity index (χ2n) is 5.37. The first-order chi connectivity index (χ1) is 8.20. The molecular weight excluding hydrogens is 233 g/mol. The Bertz CT molecular complexity index is 430. The SMILES string of the molecule is Cc1cc(N(C)C(C)(C)CO)c([C@H](C)O)cc1F. The zero-order valence-corrected chi connectivity index (χ0v) is 11.7. The summed E-state index contributed by atoms with van der Waals surface area (Å²) in [5.41, 5.74) is 1.31. The summed E-state index contributed by atoms with van der Waals surface area (Å²) in [6, 6.07) is 3.06. The molecule has 1 rings (SSSR count). The van der Waals surface area contributed by atoms with Gasteiger partial charge in [-0.25, -0.2) is 4.39 Å². The molecule has 0 saturated heterocycles. The fourth-order valence-electron chi connectivity index (χ4n) is 1.74. The first-order valence-corrected chi connectivity index (χ1v) is 6.03. The van der Waals surface area contributed by atoms with Gasteiger partial charge in [0.25, 0.3) is 0 Å². The van der Waals surface area contributed by atoms with Crippen molar-refractivity contribution < 1.29 is 14.6 Å². The number of aliphatic hydroxyl groups is 2. The maximum atomic E-state index is 13.6. The van der Waals surface area contributed by atoms with Gasteiger partial charge in [-0.1, -0.05) is 0 Å². The topological polar surface area (TPSA) is 43.7 Å². The van der Waals surface area contributed by atoms with Gasteiger partial charge < -0.3 is 15.1 Å². The molecule has 0 radical (unpaired) electrons. The summed E-state index contributed by atoms with van der Waals surface area (Å²) in [6.45, 7) is 7.03. The lowest BCUT2D eigenvalue weighted by Crippen LogP contribution is -2.45. The summed E-state index contributed by atoms with van der Waals surface area (Å²) in [4.78, 5) is 1.86. The minimum Gasteiger partial charge on any atom is -0.394 e. The Kier molecular flexibility index (Phi) is 4.35. The van der Waals surface area contributed by atoms with Crippen molar-refractivity contribution in [2.45, 2.75) is 39.3 Å². The van der Waals surface area contributed by atoms with Crippen molar-refractivity contribution in [1.29, 1.82) is 0 Å². The zero-order chi connectivity index (χ0) is 14.1. The van der Waals surface area contributed by atoms with Crippen molar-refractivity contribution >= 4 is 5.69 Å². The lowest BCUT2D eigenvalue weighted by atomic mass is 9.99. The summed E-state index contributed by atoms with van der Waals surface area (Å²) >= 11 is 0. The Morgan fingerprint density at radius 1 is 1.39 bits per heavy atom. The number of hydrogen-bond acceptors (Lipinski definition) is 3. The first kappa shape index (κ1) is 14.9. The van der Waals surface area contributed by atoms with Crippen LogP contribution in [0.1, 0.15) is 38.0 Å². The van der Waals surface area contributed by atoms with E-state index in [1.807, 2.05) is 25.8 Å². The van der Waals surface area contributed by atoms with Crippen LogP contribution in [0.25, 0.3) is 0 Å². The van der Waals surface area contributed by atoms with Crippen LogP contribution in [0, 0.1) is 12.7 Å². The van der Waals surface area contributed by atoms with Crippen molar-refractivity contribution in [2.75, 3.05) is 18.6 Å². The maximum Gasteiger partial charge on any atom is 0.126 e. The third-order valence-electron chi connectivity index (χ3n) is 3.41. The van der Waals surface area contributed by atoms with Gasteiger partial charge in [-0.05, 0) is 45.4 Å². The Labute approximate surface area is 108 Å². The molecule has 0 aliphatic rings. The van der Waals surface area contributed by atoms with E-state index in [0.717, 1.165) is 5.69 Å². The molecule has 1 aromatic carbocycles. The third kappa shape index (κ3) is 2.82. The van der Waals surface area contributed by atoms with Crippen LogP contribution in [-0.2, 0) is 0 Å². The number of aliphatic hydroxyl groups excluding tert-OH is 2. The van der Waals surface area contributed by atoms with E-state index in [1.165, 1.54) is 6.07 Å². The van der Waals surface area contributed by atoms with Crippen molar-refractivity contribution in [3.63, 3.8) is 0 Å². The van der Waals surface area contributed by atoms with Gasteiger partial charge in [0.2, 0.25) is 0 Å². The molecule has 0 aliphatic heterocycles. The molecule has 4 heteroatoms. The molecule has 0 unspecified atom stereocenters. The van der Waals surface area contributed by atoms with Crippen LogP contribution in [-0.4, -0.2) is 29.4 Å². The molecule has 2 N–H and O–H groups in total. The molecule has 0 amide bonds. The fraction of sp³-hybridized carbons (Fsp3) is 0.571. The highest BCUT2D eigenvalue weighted by atomic mass is 19.1. The fourth-order valence-corrected chi connectivity index (χ4v) is 1.74. The second kappa shape index (κ2) is 5.24. The van der Waals surface area contributed by atoms with Gasteiger partial charge in [-0.15, -0.1) is 0 Å². The minimum absolute atomic E-state index is 0.0286. The molecule has 1 aromatic rings. The van der Waals surface area contributed by atoms with Crippen molar-refractivity contribution in [3.05, 3.63) is 29.1 Å². The molecular formula is C14H22FNO2. The van der Waals surface area contributed by atoms with Crippen LogP contribution in [0.2, 0.25) is 0 Å². The molecule has 0 aliphatic carbocycles. The van der Waals surface area contributed by atoms with Crippen molar-refractivity contribution in [3.8, 4) is 0 Å². The van der Waals surface area contributed by atoms with Gasteiger partial charge >= 0.3 is 0 Å². The van der Waals surface area contributed by atoms with Gasteiger partial charge in [0, 0.05) is 18.3 Å². The normalized spacial score (nSPS) is 13.6. The largest absolute Gasteiger partial charge is 0.394 e. The lowest BCUT2D eigenvalue weighted by molar-refractivity contribution is 0.196. The van der Waals surface area contributed by atoms with Crippen LogP contribution in [0.15, 0.2) is 12.1 Å². The van der Waals surface area contributed by atoms with E-state index >= 15 is 0 Å². The van der Waals surface area contributed by atoms with Crippen molar-refractivity contribution in [1.82, 2.24) is 0 Å². The molecule has 0 aromatic heterocycles. The van der Waals surface area contributed by atoms with Gasteiger partial charge in [0.15, 0.2) is 0 Å². The predicted octanol–water partition coefficient (Wildman–Crippen LogP) is 2.39. The number of rotatable bonds is 4. The maximum absolute atomic E-state index is 13.6. The number of anilines is 1. The smallest absolute Gasteiger partial charge is 0.126 e. The summed E-state index contributed by atoms with van der Waals surface area (Å²) in [5, 5.41) is 19.2. The van der Waals surface area contributed by atoms with E-state index in [-0.39, 0.29) is 12.4 Å². The molecule has 0 fully saturated rings. The van der Waals surface area contributed by atoms with Crippen molar-refractivity contribution in [2.24, 2.45) is 0 Å². The molecule has 1 atom stereocenters. The average Bonchev–Trinajstić information content (AvgIpc) is 2.30. The summed E-state index contributed by atoms with van der Waals surface area (Å²) in [6.07, 6.45) is -0.757. The highest BCUT2D eigenvalue weighted by Crippen LogP contribution is 2.32. The molecule has 0 bridgehead atoms. The van der Waals surface area contributed by atoms with E-state index < -0.39 is 11.6 Å². The van der Waals surface area contributed by atoms with Crippen LogP contribution >= 0.6 is 0 Å². The number of halogens is 1. The van der Waals surface area contributed by atoms with E-state index in [1.54, 1.807) is 19.9 Å². The van der Waals surface area contributed by atoms with Crippen LogP contribution in [0.4, 0.5) is 10.1 Å². The first-order valence-electron chi connectivity index (χ1n) is 6.03. The van der Waals surface area contributed by atoms with E-state index in [4.69, 9.17) is 0 Å². The third-order valence-corrected chi connectivity index (χ3v) is 3.41. The van der Waals surface area contributed by atoms with Gasteiger partial charge in [-0.2, -0.15) is 0 Å². The lowest BCUT2D eigenvalue weighted by Gasteiger charge is -2.37. The number of hydrogen-bond donors (Lipinski definition) is 2. The van der Waals surface area contributed by atoms with E-state index in [0.29, 0.717) is 11.1 Å². The zero-order valence-electron chi connectivity index (χ0n) is 11.7. The number of aryl methyl sites for hydroxylation is 1. The van der Waals surface area contributed by atoms with Crippen LogP contribution in [0.5, 0.6) is 0 Å². The number of likely N-dealkylation sites (N-methyl/N-ethyl adjacent to an activating group) is 1. The summed E-state index contributed by atoms with van der Waals surface area (Å²) in [7, 11) is 1.83. The Hall–Kier alpha value is -1.13. The molecule has 18 heavy (non-hydrogen) atoms. The van der Waals surface area contributed by atoms with Crippen LogP contribution in [0.3, 0.4) is 0 Å². The number of nitrogens with zero attached hydrogens (tertiary/aromatic N) is 1. The molecule has 102 valence electrons. The molecule has 0 heterocycles. The van der Waals surface area contributed by atoms with E-state index in [2.05, 4.69) is 0 Å². The molecule has 0 spiro atoms. The summed E-state index contributed by atoms with van der Waals surface area (Å²) in [5.74, 6) is -0.329. The highest BCUT2D eigenvalue weighted by molar-refractivity contribution is 5.57. The van der Waals surface area contributed by atoms with Gasteiger partial charge in [0.1, 0.15) is 5.82 Å². The predicted molar refractivity (Wildman–Crippen MR) is 71.3 cm³/mol. The van der Waals surface area contributed by atoms with Gasteiger partial charge in [-0.3, -0.25) is 0 Å². The van der Waals surface area contributed by atoms with Crippen LogP contribution < -0.4 is 4.90 Å². The number of benzene rings is 1. The average molecular weight is 255 g/mol. The van der Waals surface area contributed by atoms with E-state index in [9.17, 15) is 14.6 Å². The highest BCUT2D eigenvalue weighted by Gasteiger charge is 2.26. The Balaban J connectivity index is 3.34. The molecule has 3 nitrogen and oxygen atoms in total. The minimum atomic E-state index is -0.757.